The lowest BCUT2D eigenvalue weighted by atomic mass is 10.2. The van der Waals surface area contributed by atoms with E-state index in [-0.39, 0.29) is 12.1 Å². The Balaban J connectivity index is 2.18. The number of benzene rings is 2. The van der Waals surface area contributed by atoms with Crippen LogP contribution in [0.25, 0.3) is 0 Å². The van der Waals surface area contributed by atoms with Crippen molar-refractivity contribution in [2.24, 2.45) is 0 Å². The van der Waals surface area contributed by atoms with Gasteiger partial charge in [-0.25, -0.2) is 13.1 Å². The van der Waals surface area contributed by atoms with Crippen molar-refractivity contribution < 1.29 is 31.2 Å². The van der Waals surface area contributed by atoms with Gasteiger partial charge in [0.05, 0.1) is 4.92 Å². The maximum Gasteiger partial charge on any atom is 0.573 e. The molecule has 0 aromatic heterocycles. The first-order valence-corrected chi connectivity index (χ1v) is 8.14. The van der Waals surface area contributed by atoms with Crippen molar-refractivity contribution in [1.29, 1.82) is 0 Å². The third-order valence-corrected chi connectivity index (χ3v) is 4.40. The van der Waals surface area contributed by atoms with E-state index in [1.165, 1.54) is 24.3 Å². The molecule has 1 N–H and O–H groups in total. The molecule has 0 aliphatic carbocycles. The number of nitrogens with zero attached hydrogens (tertiary/aromatic N) is 1. The first-order valence-electron chi connectivity index (χ1n) is 6.66. The van der Waals surface area contributed by atoms with Gasteiger partial charge in [0.25, 0.3) is 5.69 Å². The van der Waals surface area contributed by atoms with E-state index in [0.717, 1.165) is 24.3 Å². The summed E-state index contributed by atoms with van der Waals surface area (Å²) in [7, 11) is -4.24. The molecule has 0 aliphatic heterocycles. The first-order chi connectivity index (χ1) is 11.6. The number of nitro benzene ring substituents is 1. The molecule has 0 fully saturated rings. The van der Waals surface area contributed by atoms with Gasteiger partial charge in [-0.2, -0.15) is 0 Å². The molecule has 7 nitrogen and oxygen atoms in total. The van der Waals surface area contributed by atoms with Gasteiger partial charge in [-0.1, -0.05) is 24.3 Å². The number of hydrogen-bond donors (Lipinski definition) is 1. The van der Waals surface area contributed by atoms with E-state index in [2.05, 4.69) is 9.46 Å². The molecular formula is C14H11F3N2O5S. The van der Waals surface area contributed by atoms with E-state index in [1.54, 1.807) is 0 Å². The quantitative estimate of drug-likeness (QED) is 0.617. The molecule has 0 aliphatic rings. The van der Waals surface area contributed by atoms with Gasteiger partial charge in [-0.05, 0) is 23.8 Å². The van der Waals surface area contributed by atoms with Gasteiger partial charge in [-0.3, -0.25) is 10.1 Å². The van der Waals surface area contributed by atoms with Crippen molar-refractivity contribution in [3.63, 3.8) is 0 Å². The molecule has 25 heavy (non-hydrogen) atoms. The standard InChI is InChI=1S/C14H11F3N2O5S/c15-14(16,17)24-11-5-3-4-10(8-11)9-18-25(22,23)13-7-2-1-6-12(13)19(20)21/h1-8,18H,9H2. The van der Waals surface area contributed by atoms with Crippen LogP contribution in [0, 0.1) is 10.1 Å². The fraction of sp³-hybridized carbons (Fsp3) is 0.143. The van der Waals surface area contributed by atoms with E-state index in [9.17, 15) is 31.7 Å². The molecule has 0 radical (unpaired) electrons. The van der Waals surface area contributed by atoms with Gasteiger partial charge in [0.2, 0.25) is 10.0 Å². The van der Waals surface area contributed by atoms with Gasteiger partial charge in [0.1, 0.15) is 5.75 Å². The summed E-state index contributed by atoms with van der Waals surface area (Å²) in [5.74, 6) is -0.505. The Morgan fingerprint density at radius 1 is 1.12 bits per heavy atom. The highest BCUT2D eigenvalue weighted by Gasteiger charge is 2.31. The molecule has 0 heterocycles. The zero-order valence-electron chi connectivity index (χ0n) is 12.4. The third kappa shape index (κ3) is 5.16. The highest BCUT2D eigenvalue weighted by Crippen LogP contribution is 2.25. The summed E-state index contributed by atoms with van der Waals surface area (Å²) in [5.41, 5.74) is -0.423. The van der Waals surface area contributed by atoms with Gasteiger partial charge in [0.15, 0.2) is 4.90 Å². The average Bonchev–Trinajstić information content (AvgIpc) is 2.52. The summed E-state index contributed by atoms with van der Waals surface area (Å²) >= 11 is 0. The molecule has 0 unspecified atom stereocenters. The Kier molecular flexibility index (Phi) is 5.28. The monoisotopic (exact) mass is 376 g/mol. The number of alkyl halides is 3. The first kappa shape index (κ1) is 18.7. The normalized spacial score (nSPS) is 12.0. The van der Waals surface area contributed by atoms with Crippen molar-refractivity contribution >= 4 is 15.7 Å². The number of nitrogens with one attached hydrogen (secondary N) is 1. The highest BCUT2D eigenvalue weighted by atomic mass is 32.2. The van der Waals surface area contributed by atoms with Crippen LogP contribution in [0.4, 0.5) is 18.9 Å². The predicted octanol–water partition coefficient (Wildman–Crippen LogP) is 2.97. The summed E-state index contributed by atoms with van der Waals surface area (Å²) in [5, 5.41) is 10.9. The minimum absolute atomic E-state index is 0.184. The molecule has 0 saturated carbocycles. The van der Waals surface area contributed by atoms with Crippen LogP contribution in [0.1, 0.15) is 5.56 Å². The van der Waals surface area contributed by atoms with Crippen LogP contribution in [0.5, 0.6) is 5.75 Å². The van der Waals surface area contributed by atoms with E-state index >= 15 is 0 Å². The molecule has 0 saturated heterocycles. The Hall–Kier alpha value is -2.66. The highest BCUT2D eigenvalue weighted by molar-refractivity contribution is 7.89. The van der Waals surface area contributed by atoms with Gasteiger partial charge < -0.3 is 4.74 Å². The maximum absolute atomic E-state index is 12.2. The van der Waals surface area contributed by atoms with Gasteiger partial charge in [0, 0.05) is 12.6 Å². The molecule has 0 spiro atoms. The van der Waals surface area contributed by atoms with Crippen LogP contribution >= 0.6 is 0 Å². The van der Waals surface area contributed by atoms with Crippen molar-refractivity contribution in [2.75, 3.05) is 0 Å². The second-order valence-electron chi connectivity index (χ2n) is 4.74. The summed E-state index contributed by atoms with van der Waals surface area (Å²) < 4.78 is 66.9. The van der Waals surface area contributed by atoms with Crippen LogP contribution in [0.3, 0.4) is 0 Å². The second kappa shape index (κ2) is 7.07. The number of para-hydroxylation sites is 1. The van der Waals surface area contributed by atoms with E-state index in [0.29, 0.717) is 0 Å². The Bertz CT molecular complexity index is 884. The van der Waals surface area contributed by atoms with E-state index in [1.807, 2.05) is 0 Å². The minimum atomic E-state index is -4.87. The number of hydrogen-bond acceptors (Lipinski definition) is 5. The zero-order valence-corrected chi connectivity index (χ0v) is 13.2. The molecule has 0 amide bonds. The lowest BCUT2D eigenvalue weighted by Gasteiger charge is -2.11. The lowest BCUT2D eigenvalue weighted by Crippen LogP contribution is -2.24. The zero-order chi connectivity index (χ0) is 18.7. The van der Waals surface area contributed by atoms with Crippen molar-refractivity contribution in [2.45, 2.75) is 17.8 Å². The molecule has 2 aromatic carbocycles. The second-order valence-corrected chi connectivity index (χ2v) is 6.48. The van der Waals surface area contributed by atoms with E-state index < -0.39 is 37.6 Å². The topological polar surface area (TPSA) is 98.5 Å². The van der Waals surface area contributed by atoms with Gasteiger partial charge >= 0.3 is 6.36 Å². The molecule has 2 rings (SSSR count). The molecule has 2 aromatic rings. The predicted molar refractivity (Wildman–Crippen MR) is 80.2 cm³/mol. The summed E-state index contributed by atoms with van der Waals surface area (Å²) in [6.07, 6.45) is -4.87. The molecule has 11 heteroatoms. The Labute approximate surface area is 140 Å². The largest absolute Gasteiger partial charge is 0.573 e. The van der Waals surface area contributed by atoms with Crippen LogP contribution in [-0.4, -0.2) is 19.7 Å². The number of rotatable bonds is 6. The third-order valence-electron chi connectivity index (χ3n) is 2.95. The van der Waals surface area contributed by atoms with Crippen molar-refractivity contribution in [3.8, 4) is 5.75 Å². The average molecular weight is 376 g/mol. The number of halogens is 3. The summed E-state index contributed by atoms with van der Waals surface area (Å²) in [6, 6.07) is 9.44. The fourth-order valence-corrected chi connectivity index (χ4v) is 3.13. The molecule has 0 atom stereocenters. The molecular weight excluding hydrogens is 365 g/mol. The van der Waals surface area contributed by atoms with Crippen molar-refractivity contribution in [1.82, 2.24) is 4.72 Å². The number of sulfonamides is 1. The number of nitro groups is 1. The molecule has 0 bridgehead atoms. The summed E-state index contributed by atoms with van der Waals surface area (Å²) in [6.45, 7) is -0.372. The Morgan fingerprint density at radius 3 is 2.44 bits per heavy atom. The Morgan fingerprint density at radius 2 is 1.80 bits per heavy atom. The fourth-order valence-electron chi connectivity index (χ4n) is 1.94. The number of ether oxygens (including phenoxy) is 1. The van der Waals surface area contributed by atoms with Gasteiger partial charge in [-0.15, -0.1) is 13.2 Å². The van der Waals surface area contributed by atoms with Crippen LogP contribution in [0.15, 0.2) is 53.4 Å². The maximum atomic E-state index is 12.2. The van der Waals surface area contributed by atoms with Crippen LogP contribution in [-0.2, 0) is 16.6 Å². The minimum Gasteiger partial charge on any atom is -0.406 e. The van der Waals surface area contributed by atoms with Crippen molar-refractivity contribution in [3.05, 3.63) is 64.2 Å². The smallest absolute Gasteiger partial charge is 0.406 e. The lowest BCUT2D eigenvalue weighted by molar-refractivity contribution is -0.387. The SMILES string of the molecule is O=[N+]([O-])c1ccccc1S(=O)(=O)NCc1cccc(OC(F)(F)F)c1. The molecule has 134 valence electrons. The summed E-state index contributed by atoms with van der Waals surface area (Å²) in [4.78, 5) is 9.53. The van der Waals surface area contributed by atoms with Crippen LogP contribution < -0.4 is 9.46 Å². The van der Waals surface area contributed by atoms with Crippen LogP contribution in [0.2, 0.25) is 0 Å². The van der Waals surface area contributed by atoms with E-state index in [4.69, 9.17) is 0 Å².